The molecule has 2 heterocycles. The minimum Gasteiger partial charge on any atom is -0.317 e. The van der Waals surface area contributed by atoms with Crippen LogP contribution in [0.15, 0.2) is 54.6 Å². The van der Waals surface area contributed by atoms with Gasteiger partial charge in [-0.1, -0.05) is 42.5 Å². The third kappa shape index (κ3) is 2.51. The number of nitrogens with zero attached hydrogens (tertiary/aromatic N) is 1. The molecule has 2 nitrogen and oxygen atoms in total. The number of pyridine rings is 1. The molecule has 2 heteroatoms. The van der Waals surface area contributed by atoms with E-state index in [4.69, 9.17) is 4.98 Å². The molecule has 4 rings (SSSR count). The van der Waals surface area contributed by atoms with Crippen LogP contribution >= 0.6 is 0 Å². The van der Waals surface area contributed by atoms with Gasteiger partial charge in [-0.15, -0.1) is 0 Å². The fourth-order valence-corrected chi connectivity index (χ4v) is 3.34. The Morgan fingerprint density at radius 2 is 1.86 bits per heavy atom. The highest BCUT2D eigenvalue weighted by Crippen LogP contribution is 2.34. The van der Waals surface area contributed by atoms with E-state index in [0.717, 1.165) is 24.3 Å². The molecule has 0 unspecified atom stereocenters. The van der Waals surface area contributed by atoms with Gasteiger partial charge in [0.2, 0.25) is 0 Å². The number of fused-ring (bicyclic) bond motifs is 1. The maximum atomic E-state index is 4.97. The third-order valence-corrected chi connectivity index (χ3v) is 4.52. The van der Waals surface area contributed by atoms with Crippen molar-refractivity contribution in [2.75, 3.05) is 13.1 Å². The first kappa shape index (κ1) is 13.5. The number of hydrogen-bond acceptors (Lipinski definition) is 2. The van der Waals surface area contributed by atoms with E-state index in [2.05, 4.69) is 53.8 Å². The van der Waals surface area contributed by atoms with Crippen LogP contribution < -0.4 is 5.32 Å². The van der Waals surface area contributed by atoms with Crippen LogP contribution in [-0.4, -0.2) is 18.1 Å². The maximum absolute atomic E-state index is 4.97. The van der Waals surface area contributed by atoms with E-state index < -0.39 is 0 Å². The predicted molar refractivity (Wildman–Crippen MR) is 90.9 cm³/mol. The maximum Gasteiger partial charge on any atom is 0.0744 e. The molecule has 1 aromatic heterocycles. The third-order valence-electron chi connectivity index (χ3n) is 4.52. The smallest absolute Gasteiger partial charge is 0.0744 e. The Kier molecular flexibility index (Phi) is 3.61. The Morgan fingerprint density at radius 1 is 1.05 bits per heavy atom. The quantitative estimate of drug-likeness (QED) is 0.765. The molecule has 1 N–H and O–H groups in total. The van der Waals surface area contributed by atoms with Crippen molar-refractivity contribution in [1.82, 2.24) is 10.3 Å². The topological polar surface area (TPSA) is 24.9 Å². The van der Waals surface area contributed by atoms with Gasteiger partial charge in [0.1, 0.15) is 0 Å². The molecule has 0 spiro atoms. The van der Waals surface area contributed by atoms with Crippen LogP contribution in [0, 0.1) is 6.07 Å². The molecule has 1 aliphatic rings. The lowest BCUT2D eigenvalue weighted by Gasteiger charge is -2.25. The van der Waals surface area contributed by atoms with Gasteiger partial charge in [0.15, 0.2) is 0 Å². The Morgan fingerprint density at radius 3 is 2.68 bits per heavy atom. The SMILES string of the molecule is [c]1ccc2cc(C3CCNCC3)c(-c3ccccc3)nc2c1. The molecule has 1 radical (unpaired) electrons. The van der Waals surface area contributed by atoms with Gasteiger partial charge in [0, 0.05) is 10.9 Å². The molecule has 109 valence electrons. The Bertz CT molecular complexity index is 774. The van der Waals surface area contributed by atoms with Crippen molar-refractivity contribution in [2.45, 2.75) is 18.8 Å². The molecule has 1 fully saturated rings. The van der Waals surface area contributed by atoms with Crippen LogP contribution in [0.5, 0.6) is 0 Å². The number of piperidine rings is 1. The molecule has 3 aromatic rings. The van der Waals surface area contributed by atoms with Crippen molar-refractivity contribution in [1.29, 1.82) is 0 Å². The minimum atomic E-state index is 0.595. The van der Waals surface area contributed by atoms with Crippen molar-refractivity contribution in [2.24, 2.45) is 0 Å². The molecule has 22 heavy (non-hydrogen) atoms. The Hall–Kier alpha value is -2.19. The number of rotatable bonds is 2. The van der Waals surface area contributed by atoms with E-state index >= 15 is 0 Å². The van der Waals surface area contributed by atoms with Crippen molar-refractivity contribution < 1.29 is 0 Å². The molecular weight excluding hydrogens is 268 g/mol. The van der Waals surface area contributed by atoms with Crippen molar-refractivity contribution in [3.8, 4) is 11.3 Å². The highest BCUT2D eigenvalue weighted by atomic mass is 14.9. The summed E-state index contributed by atoms with van der Waals surface area (Å²) in [5, 5.41) is 4.67. The van der Waals surface area contributed by atoms with E-state index in [1.165, 1.54) is 29.4 Å². The fraction of sp³-hybridized carbons (Fsp3) is 0.250. The van der Waals surface area contributed by atoms with E-state index in [0.29, 0.717) is 5.92 Å². The second-order valence-corrected chi connectivity index (χ2v) is 5.94. The number of nitrogens with one attached hydrogen (secondary N) is 1. The molecule has 0 atom stereocenters. The Balaban J connectivity index is 1.91. The van der Waals surface area contributed by atoms with Gasteiger partial charge in [-0.25, -0.2) is 4.98 Å². The average Bonchev–Trinajstić information content (AvgIpc) is 2.62. The summed E-state index contributed by atoms with van der Waals surface area (Å²) < 4.78 is 0. The first-order valence-electron chi connectivity index (χ1n) is 7.99. The lowest BCUT2D eigenvalue weighted by molar-refractivity contribution is 0.461. The Labute approximate surface area is 131 Å². The molecule has 0 bridgehead atoms. The number of hydrogen-bond donors (Lipinski definition) is 1. The van der Waals surface area contributed by atoms with Crippen LogP contribution in [0.1, 0.15) is 24.3 Å². The molecule has 0 aliphatic carbocycles. The lowest BCUT2D eigenvalue weighted by Crippen LogP contribution is -2.27. The standard InChI is InChI=1S/C20H19N2/c1-2-6-16(7-3-1)20-18(15-10-12-21-13-11-15)14-17-8-4-5-9-19(17)22-20/h1-4,6-9,14-15,21H,10-13H2. The summed E-state index contributed by atoms with van der Waals surface area (Å²) in [6, 6.07) is 22.1. The summed E-state index contributed by atoms with van der Waals surface area (Å²) >= 11 is 0. The van der Waals surface area contributed by atoms with E-state index in [1.54, 1.807) is 0 Å². The van der Waals surface area contributed by atoms with Crippen LogP contribution in [0.3, 0.4) is 0 Å². The highest BCUT2D eigenvalue weighted by Gasteiger charge is 2.20. The summed E-state index contributed by atoms with van der Waals surface area (Å²) in [6.45, 7) is 2.19. The van der Waals surface area contributed by atoms with Crippen molar-refractivity contribution >= 4 is 10.9 Å². The summed E-state index contributed by atoms with van der Waals surface area (Å²) in [7, 11) is 0. The van der Waals surface area contributed by atoms with Gasteiger partial charge in [0.25, 0.3) is 0 Å². The lowest BCUT2D eigenvalue weighted by atomic mass is 9.86. The van der Waals surface area contributed by atoms with E-state index in [9.17, 15) is 0 Å². The van der Waals surface area contributed by atoms with E-state index in [-0.39, 0.29) is 0 Å². The van der Waals surface area contributed by atoms with Crippen molar-refractivity contribution in [3.63, 3.8) is 0 Å². The zero-order valence-electron chi connectivity index (χ0n) is 12.5. The van der Waals surface area contributed by atoms with E-state index in [1.807, 2.05) is 12.1 Å². The summed E-state index contributed by atoms with van der Waals surface area (Å²) in [4.78, 5) is 4.97. The zero-order valence-corrected chi connectivity index (χ0v) is 12.5. The summed E-state index contributed by atoms with van der Waals surface area (Å²) in [5.74, 6) is 0.595. The van der Waals surface area contributed by atoms with Crippen LogP contribution in [-0.2, 0) is 0 Å². The van der Waals surface area contributed by atoms with Crippen molar-refractivity contribution in [3.05, 3.63) is 66.2 Å². The number of benzene rings is 2. The molecule has 0 amide bonds. The summed E-state index contributed by atoms with van der Waals surface area (Å²) in [5.41, 5.74) is 4.77. The molecule has 0 saturated carbocycles. The zero-order chi connectivity index (χ0) is 14.8. The number of aromatic nitrogens is 1. The first-order valence-corrected chi connectivity index (χ1v) is 7.99. The molecule has 1 saturated heterocycles. The normalized spacial score (nSPS) is 16.0. The molecule has 2 aromatic carbocycles. The molecule has 1 aliphatic heterocycles. The largest absolute Gasteiger partial charge is 0.317 e. The van der Waals surface area contributed by atoms with Crippen LogP contribution in [0.25, 0.3) is 22.2 Å². The molecular formula is C20H19N2. The highest BCUT2D eigenvalue weighted by molar-refractivity contribution is 5.83. The van der Waals surface area contributed by atoms with Gasteiger partial charge >= 0.3 is 0 Å². The van der Waals surface area contributed by atoms with Gasteiger partial charge < -0.3 is 5.32 Å². The monoisotopic (exact) mass is 287 g/mol. The second-order valence-electron chi connectivity index (χ2n) is 5.94. The summed E-state index contributed by atoms with van der Waals surface area (Å²) in [6.07, 6.45) is 2.37. The van der Waals surface area contributed by atoms with Gasteiger partial charge in [-0.05, 0) is 55.6 Å². The van der Waals surface area contributed by atoms with Gasteiger partial charge in [-0.3, -0.25) is 0 Å². The van der Waals surface area contributed by atoms with Gasteiger partial charge in [-0.2, -0.15) is 0 Å². The van der Waals surface area contributed by atoms with Crippen LogP contribution in [0.2, 0.25) is 0 Å². The van der Waals surface area contributed by atoms with Gasteiger partial charge in [0.05, 0.1) is 11.2 Å². The minimum absolute atomic E-state index is 0.595. The first-order chi connectivity index (χ1) is 10.9. The predicted octanol–water partition coefficient (Wildman–Crippen LogP) is 4.17. The average molecular weight is 287 g/mol. The second kappa shape index (κ2) is 5.90. The fourth-order valence-electron chi connectivity index (χ4n) is 3.34. The van der Waals surface area contributed by atoms with Crippen LogP contribution in [0.4, 0.5) is 0 Å².